The molecular formula is C40H58N2O4+2. The minimum Gasteiger partial charge on any atom is -0.462 e. The van der Waals surface area contributed by atoms with Crippen LogP contribution in [-0.4, -0.2) is 85.5 Å². The van der Waals surface area contributed by atoms with E-state index >= 15 is 0 Å². The average Bonchev–Trinajstić information content (AvgIpc) is 3.85. The van der Waals surface area contributed by atoms with Crippen LogP contribution in [0.2, 0.25) is 0 Å². The van der Waals surface area contributed by atoms with E-state index in [-0.39, 0.29) is 11.9 Å². The Hall–Kier alpha value is -2.70. The third-order valence-corrected chi connectivity index (χ3v) is 12.4. The Morgan fingerprint density at radius 2 is 0.913 bits per heavy atom. The molecule has 6 atom stereocenters. The van der Waals surface area contributed by atoms with E-state index in [0.717, 1.165) is 0 Å². The Balaban J connectivity index is 0.816. The fraction of sp³-hybridized carbons (Fsp3) is 0.650. The number of fused-ring (bicyclic) bond motifs is 2. The Kier molecular flexibility index (Phi) is 11.5. The molecule has 46 heavy (non-hydrogen) atoms. The van der Waals surface area contributed by atoms with Gasteiger partial charge in [0.2, 0.25) is 0 Å². The molecule has 4 heterocycles. The highest BCUT2D eigenvalue weighted by atomic mass is 16.5. The summed E-state index contributed by atoms with van der Waals surface area (Å²) in [7, 11) is 0. The van der Waals surface area contributed by atoms with E-state index in [1.54, 1.807) is 0 Å². The molecule has 4 aliphatic heterocycles. The van der Waals surface area contributed by atoms with Crippen molar-refractivity contribution >= 4 is 11.9 Å². The van der Waals surface area contributed by atoms with Crippen LogP contribution in [0.25, 0.3) is 0 Å². The minimum atomic E-state index is -0.170. The number of nitrogens with zero attached hydrogens (tertiary/aromatic N) is 2. The molecule has 0 N–H and O–H groups in total. The van der Waals surface area contributed by atoms with E-state index in [2.05, 4.69) is 0 Å². The van der Waals surface area contributed by atoms with Gasteiger partial charge in [0.1, 0.15) is 13.2 Å². The molecule has 2 aromatic rings. The summed E-state index contributed by atoms with van der Waals surface area (Å²) in [6, 6.07) is 20.2. The third kappa shape index (κ3) is 7.87. The van der Waals surface area contributed by atoms with Crippen LogP contribution in [0.15, 0.2) is 60.7 Å². The van der Waals surface area contributed by atoms with E-state index in [1.807, 2.05) is 60.7 Å². The Morgan fingerprint density at radius 3 is 1.33 bits per heavy atom. The van der Waals surface area contributed by atoms with Gasteiger partial charge in [-0.2, -0.15) is 0 Å². The number of carbonyl (C=O) groups is 2. The molecule has 0 bridgehead atoms. The molecule has 0 radical (unpaired) electrons. The number of unbranched alkanes of at least 4 members (excludes halogenated alkanes) is 7. The van der Waals surface area contributed by atoms with Crippen molar-refractivity contribution in [2.24, 2.45) is 11.8 Å². The van der Waals surface area contributed by atoms with E-state index in [9.17, 15) is 9.59 Å². The van der Waals surface area contributed by atoms with E-state index in [1.165, 1.54) is 138 Å². The zero-order valence-electron chi connectivity index (χ0n) is 28.2. The number of hydrogen-bond donors (Lipinski definition) is 0. The number of benzene rings is 2. The lowest BCUT2D eigenvalue weighted by Gasteiger charge is -2.36. The van der Waals surface area contributed by atoms with Crippen LogP contribution in [-0.2, 0) is 9.47 Å². The molecule has 4 fully saturated rings. The van der Waals surface area contributed by atoms with Gasteiger partial charge in [-0.1, -0.05) is 62.1 Å². The van der Waals surface area contributed by atoms with E-state index in [4.69, 9.17) is 9.47 Å². The van der Waals surface area contributed by atoms with Crippen molar-refractivity contribution < 1.29 is 28.0 Å². The van der Waals surface area contributed by atoms with Crippen molar-refractivity contribution in [1.29, 1.82) is 0 Å². The van der Waals surface area contributed by atoms with Crippen molar-refractivity contribution in [3.63, 3.8) is 0 Å². The van der Waals surface area contributed by atoms with Crippen LogP contribution in [0.1, 0.15) is 111 Å². The van der Waals surface area contributed by atoms with Gasteiger partial charge in [-0.3, -0.25) is 0 Å². The first-order valence-electron chi connectivity index (χ1n) is 18.7. The van der Waals surface area contributed by atoms with E-state index in [0.29, 0.717) is 48.3 Å². The lowest BCUT2D eigenvalue weighted by molar-refractivity contribution is -0.929. The topological polar surface area (TPSA) is 52.6 Å². The molecule has 0 aliphatic carbocycles. The number of quaternary nitrogens is 2. The van der Waals surface area contributed by atoms with Gasteiger partial charge in [0, 0.05) is 38.5 Å². The highest BCUT2D eigenvalue weighted by Gasteiger charge is 2.52. The maximum Gasteiger partial charge on any atom is 0.338 e. The van der Waals surface area contributed by atoms with Crippen LogP contribution >= 0.6 is 0 Å². The highest BCUT2D eigenvalue weighted by molar-refractivity contribution is 5.89. The van der Waals surface area contributed by atoms with Gasteiger partial charge in [0.05, 0.1) is 74.3 Å². The summed E-state index contributed by atoms with van der Waals surface area (Å²) in [5, 5.41) is 0. The van der Waals surface area contributed by atoms with Gasteiger partial charge in [0.25, 0.3) is 0 Å². The Labute approximate surface area is 277 Å². The standard InChI is InChI=1S/C40H58N2O4/c43-39(33-17-9-7-10-18-33)45-31-35-23-29-41(27-15-21-37(35)41)25-13-5-3-1-2-4-6-14-26-42-28-16-22-38(42)36(24-30-42)32-46-40(44)34-19-11-8-12-20-34/h7-12,17-20,35-38H,1-6,13-16,21-32H2/q+2/t35-,36-,37+,38+,41?,42?/m0/s1. The van der Waals surface area contributed by atoms with Crippen molar-refractivity contribution in [1.82, 2.24) is 0 Å². The summed E-state index contributed by atoms with van der Waals surface area (Å²) in [6.07, 6.45) is 18.6. The lowest BCUT2D eigenvalue weighted by Crippen LogP contribution is -2.49. The summed E-state index contributed by atoms with van der Waals surface area (Å²) in [5.41, 5.74) is 1.33. The molecule has 4 aliphatic rings. The fourth-order valence-corrected chi connectivity index (χ4v) is 10.0. The second kappa shape index (κ2) is 15.9. The second-order valence-electron chi connectivity index (χ2n) is 15.1. The molecule has 250 valence electrons. The van der Waals surface area contributed by atoms with Crippen LogP contribution in [0.3, 0.4) is 0 Å². The third-order valence-electron chi connectivity index (χ3n) is 12.4. The Bertz CT molecular complexity index is 1160. The fourth-order valence-electron chi connectivity index (χ4n) is 10.0. The van der Waals surface area contributed by atoms with Crippen LogP contribution in [0.5, 0.6) is 0 Å². The number of carbonyl (C=O) groups excluding carboxylic acids is 2. The van der Waals surface area contributed by atoms with Gasteiger partial charge in [-0.25, -0.2) is 9.59 Å². The van der Waals surface area contributed by atoms with Crippen molar-refractivity contribution in [2.45, 2.75) is 102 Å². The number of esters is 2. The first kappa shape index (κ1) is 33.2. The maximum absolute atomic E-state index is 12.5. The molecule has 0 saturated carbocycles. The van der Waals surface area contributed by atoms with Gasteiger partial charge in [-0.15, -0.1) is 0 Å². The molecular weight excluding hydrogens is 572 g/mol. The predicted octanol–water partition coefficient (Wildman–Crippen LogP) is 7.82. The first-order valence-corrected chi connectivity index (χ1v) is 18.7. The summed E-state index contributed by atoms with van der Waals surface area (Å²) in [4.78, 5) is 25.0. The number of rotatable bonds is 17. The summed E-state index contributed by atoms with van der Waals surface area (Å²) < 4.78 is 14.2. The highest BCUT2D eigenvalue weighted by Crippen LogP contribution is 2.42. The molecule has 6 heteroatoms. The van der Waals surface area contributed by atoms with Crippen molar-refractivity contribution in [2.75, 3.05) is 52.5 Å². The molecule has 4 saturated heterocycles. The predicted molar refractivity (Wildman–Crippen MR) is 182 cm³/mol. The van der Waals surface area contributed by atoms with Crippen LogP contribution in [0.4, 0.5) is 0 Å². The zero-order valence-corrected chi connectivity index (χ0v) is 28.2. The maximum atomic E-state index is 12.5. The molecule has 0 spiro atoms. The van der Waals surface area contributed by atoms with Gasteiger partial charge < -0.3 is 18.4 Å². The quantitative estimate of drug-likeness (QED) is 0.102. The SMILES string of the molecule is O=C(OC[C@@H]1CC[N+]2(CCCCCCCCCC[N+]34CCC[C@@H]3[C@H](COC(=O)c3ccccc3)CC4)CCC[C@H]12)c1ccccc1. The molecule has 0 aromatic heterocycles. The van der Waals surface area contributed by atoms with Crippen LogP contribution < -0.4 is 0 Å². The van der Waals surface area contributed by atoms with Gasteiger partial charge in [-0.05, 0) is 49.9 Å². The largest absolute Gasteiger partial charge is 0.462 e. The minimum absolute atomic E-state index is 0.170. The summed E-state index contributed by atoms with van der Waals surface area (Å²) in [6.45, 7) is 9.02. The molecule has 2 unspecified atom stereocenters. The van der Waals surface area contributed by atoms with E-state index < -0.39 is 0 Å². The second-order valence-corrected chi connectivity index (χ2v) is 15.1. The normalized spacial score (nSPS) is 29.8. The van der Waals surface area contributed by atoms with Crippen LogP contribution in [0, 0.1) is 11.8 Å². The van der Waals surface area contributed by atoms with Gasteiger partial charge in [0.15, 0.2) is 0 Å². The number of hydrogen-bond acceptors (Lipinski definition) is 4. The molecule has 0 amide bonds. The number of ether oxygens (including phenoxy) is 2. The summed E-state index contributed by atoms with van der Waals surface area (Å²) in [5.74, 6) is 0.716. The summed E-state index contributed by atoms with van der Waals surface area (Å²) >= 11 is 0. The molecule has 6 nitrogen and oxygen atoms in total. The average molecular weight is 631 g/mol. The van der Waals surface area contributed by atoms with Crippen molar-refractivity contribution in [3.8, 4) is 0 Å². The Morgan fingerprint density at radius 1 is 0.522 bits per heavy atom. The first-order chi connectivity index (χ1) is 22.6. The zero-order chi connectivity index (χ0) is 31.7. The monoisotopic (exact) mass is 630 g/mol. The smallest absolute Gasteiger partial charge is 0.338 e. The lowest BCUT2D eigenvalue weighted by atomic mass is 9.99. The van der Waals surface area contributed by atoms with Gasteiger partial charge >= 0.3 is 11.9 Å². The molecule has 6 rings (SSSR count). The van der Waals surface area contributed by atoms with Crippen molar-refractivity contribution in [3.05, 3.63) is 71.8 Å². The molecule has 2 aromatic carbocycles.